The molecule has 0 atom stereocenters. The molecule has 88 valence electrons. The Labute approximate surface area is 99.3 Å². The summed E-state index contributed by atoms with van der Waals surface area (Å²) in [6.45, 7) is 7.91. The molecule has 0 radical (unpaired) electrons. The van der Waals surface area contributed by atoms with Gasteiger partial charge in [-0.3, -0.25) is 0 Å². The molecule has 0 aromatic heterocycles. The van der Waals surface area contributed by atoms with Crippen molar-refractivity contribution in [1.82, 2.24) is 5.32 Å². The van der Waals surface area contributed by atoms with Crippen LogP contribution in [0.3, 0.4) is 0 Å². The third-order valence-corrected chi connectivity index (χ3v) is 3.24. The van der Waals surface area contributed by atoms with Crippen molar-refractivity contribution in [1.29, 1.82) is 0 Å². The summed E-state index contributed by atoms with van der Waals surface area (Å²) in [7, 11) is 0. The molecular weight excluding hydrogens is 194 g/mol. The first-order valence-corrected chi connectivity index (χ1v) is 6.38. The van der Waals surface area contributed by atoms with Crippen LogP contribution in [0.1, 0.15) is 44.7 Å². The van der Waals surface area contributed by atoms with Gasteiger partial charge in [-0.15, -0.1) is 0 Å². The molecule has 1 aromatic carbocycles. The molecule has 0 heterocycles. The van der Waals surface area contributed by atoms with Crippen molar-refractivity contribution < 1.29 is 0 Å². The van der Waals surface area contributed by atoms with Crippen LogP contribution >= 0.6 is 0 Å². The lowest BCUT2D eigenvalue weighted by Crippen LogP contribution is -2.19. The fraction of sp³-hybridized carbons (Fsp3) is 0.600. The van der Waals surface area contributed by atoms with Crippen LogP contribution in [0.25, 0.3) is 0 Å². The summed E-state index contributed by atoms with van der Waals surface area (Å²) in [6.07, 6.45) is 3.91. The maximum absolute atomic E-state index is 3.55. The molecule has 0 amide bonds. The monoisotopic (exact) mass is 217 g/mol. The van der Waals surface area contributed by atoms with Crippen LogP contribution in [0.15, 0.2) is 24.3 Å². The molecule has 0 spiro atoms. The van der Waals surface area contributed by atoms with Gasteiger partial charge in [0.1, 0.15) is 0 Å². The molecule has 1 fully saturated rings. The second-order valence-electron chi connectivity index (χ2n) is 5.93. The van der Waals surface area contributed by atoms with E-state index in [1.807, 2.05) is 0 Å². The predicted octanol–water partition coefficient (Wildman–Crippen LogP) is 3.28. The lowest BCUT2D eigenvalue weighted by Gasteiger charge is -2.19. The third kappa shape index (κ3) is 3.34. The topological polar surface area (TPSA) is 12.0 Å². The maximum Gasteiger partial charge on any atom is 0.00683 e. The highest BCUT2D eigenvalue weighted by atomic mass is 14.9. The van der Waals surface area contributed by atoms with E-state index in [1.165, 1.54) is 24.0 Å². The number of hydrogen-bond acceptors (Lipinski definition) is 1. The fourth-order valence-electron chi connectivity index (χ4n) is 1.88. The fourth-order valence-corrected chi connectivity index (χ4v) is 1.88. The van der Waals surface area contributed by atoms with Gasteiger partial charge in [0, 0.05) is 6.04 Å². The average molecular weight is 217 g/mol. The zero-order valence-corrected chi connectivity index (χ0v) is 10.7. The van der Waals surface area contributed by atoms with Crippen molar-refractivity contribution in [3.63, 3.8) is 0 Å². The van der Waals surface area contributed by atoms with Crippen molar-refractivity contribution in [3.8, 4) is 0 Å². The van der Waals surface area contributed by atoms with E-state index in [4.69, 9.17) is 0 Å². The van der Waals surface area contributed by atoms with Crippen molar-refractivity contribution in [2.75, 3.05) is 6.54 Å². The molecule has 0 aliphatic heterocycles. The molecule has 1 aromatic rings. The van der Waals surface area contributed by atoms with Gasteiger partial charge < -0.3 is 5.32 Å². The van der Waals surface area contributed by atoms with E-state index in [0.29, 0.717) is 0 Å². The third-order valence-electron chi connectivity index (χ3n) is 3.24. The van der Waals surface area contributed by atoms with Gasteiger partial charge in [0.2, 0.25) is 0 Å². The Morgan fingerprint density at radius 3 is 2.25 bits per heavy atom. The summed E-state index contributed by atoms with van der Waals surface area (Å²) >= 11 is 0. The molecule has 0 bridgehead atoms. The summed E-state index contributed by atoms with van der Waals surface area (Å²) in [5.41, 5.74) is 3.14. The minimum absolute atomic E-state index is 0.269. The highest BCUT2D eigenvalue weighted by Crippen LogP contribution is 2.22. The minimum Gasteiger partial charge on any atom is -0.314 e. The Balaban J connectivity index is 1.85. The lowest BCUT2D eigenvalue weighted by molar-refractivity contribution is 0.589. The smallest absolute Gasteiger partial charge is 0.00683 e. The molecule has 1 aliphatic rings. The zero-order chi connectivity index (χ0) is 11.6. The van der Waals surface area contributed by atoms with Gasteiger partial charge in [-0.1, -0.05) is 45.0 Å². The zero-order valence-electron chi connectivity index (χ0n) is 10.7. The number of benzene rings is 1. The first-order chi connectivity index (χ1) is 7.55. The van der Waals surface area contributed by atoms with Gasteiger partial charge in [-0.25, -0.2) is 0 Å². The van der Waals surface area contributed by atoms with Crippen LogP contribution in [-0.4, -0.2) is 12.6 Å². The molecule has 1 N–H and O–H groups in total. The van der Waals surface area contributed by atoms with E-state index in [1.54, 1.807) is 0 Å². The molecular formula is C15H23N. The van der Waals surface area contributed by atoms with E-state index >= 15 is 0 Å². The molecule has 1 saturated carbocycles. The van der Waals surface area contributed by atoms with Gasteiger partial charge in [-0.2, -0.15) is 0 Å². The minimum atomic E-state index is 0.269. The molecule has 0 unspecified atom stereocenters. The molecule has 2 rings (SSSR count). The standard InChI is InChI=1S/C15H23N/c1-15(2,3)13-6-4-12(5-7-13)10-11-16-14-8-9-14/h4-7,14,16H,8-11H2,1-3H3. The largest absolute Gasteiger partial charge is 0.314 e. The van der Waals surface area contributed by atoms with Gasteiger partial charge in [0.05, 0.1) is 0 Å². The van der Waals surface area contributed by atoms with Crippen LogP contribution in [0.5, 0.6) is 0 Å². The average Bonchev–Trinajstić information content (AvgIpc) is 3.01. The van der Waals surface area contributed by atoms with Crippen LogP contribution in [0.2, 0.25) is 0 Å². The van der Waals surface area contributed by atoms with Crippen molar-refractivity contribution in [3.05, 3.63) is 35.4 Å². The Bertz CT molecular complexity index is 327. The Morgan fingerprint density at radius 1 is 1.12 bits per heavy atom. The quantitative estimate of drug-likeness (QED) is 0.816. The summed E-state index contributed by atoms with van der Waals surface area (Å²) in [5, 5.41) is 3.55. The first kappa shape index (κ1) is 11.7. The van der Waals surface area contributed by atoms with Crippen molar-refractivity contribution >= 4 is 0 Å². The Hall–Kier alpha value is -0.820. The van der Waals surface area contributed by atoms with Crippen molar-refractivity contribution in [2.45, 2.75) is 51.5 Å². The Morgan fingerprint density at radius 2 is 1.75 bits per heavy atom. The van der Waals surface area contributed by atoms with Crippen LogP contribution < -0.4 is 5.32 Å². The summed E-state index contributed by atoms with van der Waals surface area (Å²) in [5.74, 6) is 0. The molecule has 0 saturated heterocycles. The van der Waals surface area contributed by atoms with Gasteiger partial charge in [0.25, 0.3) is 0 Å². The van der Waals surface area contributed by atoms with E-state index in [-0.39, 0.29) is 5.41 Å². The second-order valence-corrected chi connectivity index (χ2v) is 5.93. The number of nitrogens with one attached hydrogen (secondary N) is 1. The highest BCUT2D eigenvalue weighted by Gasteiger charge is 2.19. The summed E-state index contributed by atoms with van der Waals surface area (Å²) in [6, 6.07) is 9.91. The first-order valence-electron chi connectivity index (χ1n) is 6.38. The molecule has 1 aliphatic carbocycles. The summed E-state index contributed by atoms with van der Waals surface area (Å²) in [4.78, 5) is 0. The van der Waals surface area contributed by atoms with Crippen molar-refractivity contribution in [2.24, 2.45) is 0 Å². The van der Waals surface area contributed by atoms with Gasteiger partial charge in [0.15, 0.2) is 0 Å². The van der Waals surface area contributed by atoms with Gasteiger partial charge >= 0.3 is 0 Å². The molecule has 1 nitrogen and oxygen atoms in total. The molecule has 16 heavy (non-hydrogen) atoms. The number of hydrogen-bond donors (Lipinski definition) is 1. The van der Waals surface area contributed by atoms with E-state index in [9.17, 15) is 0 Å². The van der Waals surface area contributed by atoms with Crippen LogP contribution in [-0.2, 0) is 11.8 Å². The molecule has 1 heteroatoms. The van der Waals surface area contributed by atoms with E-state index < -0.39 is 0 Å². The SMILES string of the molecule is CC(C)(C)c1ccc(CCNC2CC2)cc1. The maximum atomic E-state index is 3.55. The number of rotatable bonds is 4. The van der Waals surface area contributed by atoms with Gasteiger partial charge in [-0.05, 0) is 42.3 Å². The van der Waals surface area contributed by atoms with E-state index in [2.05, 4.69) is 50.4 Å². The summed E-state index contributed by atoms with van der Waals surface area (Å²) < 4.78 is 0. The van der Waals surface area contributed by atoms with Crippen LogP contribution in [0.4, 0.5) is 0 Å². The predicted molar refractivity (Wildman–Crippen MR) is 69.9 cm³/mol. The lowest BCUT2D eigenvalue weighted by atomic mass is 9.86. The Kier molecular flexibility index (Phi) is 3.34. The second kappa shape index (κ2) is 4.58. The highest BCUT2D eigenvalue weighted by molar-refractivity contribution is 5.27. The van der Waals surface area contributed by atoms with Crippen LogP contribution in [0, 0.1) is 0 Å². The normalized spacial score (nSPS) is 16.4. The van der Waals surface area contributed by atoms with E-state index in [0.717, 1.165) is 19.0 Å².